The smallest absolute Gasteiger partial charge is 0.321 e. The first-order chi connectivity index (χ1) is 11.1. The molecule has 0 spiro atoms. The molecule has 122 valence electrons. The second-order valence-electron chi connectivity index (χ2n) is 5.56. The van der Waals surface area contributed by atoms with Gasteiger partial charge in [0.15, 0.2) is 0 Å². The van der Waals surface area contributed by atoms with Crippen molar-refractivity contribution in [3.8, 4) is 0 Å². The molecular formula is C18H24N4O. The van der Waals surface area contributed by atoms with Crippen molar-refractivity contribution in [2.45, 2.75) is 13.3 Å². The number of likely N-dealkylation sites (N-methyl/N-ethyl adjacent to an activating group) is 1. The summed E-state index contributed by atoms with van der Waals surface area (Å²) in [5.41, 5.74) is 3.09. The van der Waals surface area contributed by atoms with Crippen molar-refractivity contribution in [1.29, 1.82) is 0 Å². The molecule has 0 unspecified atom stereocenters. The number of hydrogen-bond donors (Lipinski definition) is 1. The summed E-state index contributed by atoms with van der Waals surface area (Å²) in [6.07, 6.45) is 4.37. The van der Waals surface area contributed by atoms with Crippen molar-refractivity contribution < 1.29 is 4.79 Å². The molecule has 0 aliphatic rings. The first-order valence-electron chi connectivity index (χ1n) is 7.82. The van der Waals surface area contributed by atoms with Gasteiger partial charge in [0, 0.05) is 51.0 Å². The number of anilines is 2. The van der Waals surface area contributed by atoms with E-state index in [1.807, 2.05) is 62.3 Å². The average Bonchev–Trinajstić information content (AvgIpc) is 2.57. The van der Waals surface area contributed by atoms with E-state index in [0.717, 1.165) is 17.8 Å². The van der Waals surface area contributed by atoms with Gasteiger partial charge in [-0.1, -0.05) is 0 Å². The summed E-state index contributed by atoms with van der Waals surface area (Å²) in [6.45, 7) is 3.34. The molecule has 5 heteroatoms. The van der Waals surface area contributed by atoms with Crippen LogP contribution in [0.4, 0.5) is 16.2 Å². The lowest BCUT2D eigenvalue weighted by molar-refractivity contribution is 0.215. The lowest BCUT2D eigenvalue weighted by Crippen LogP contribution is -2.36. The molecule has 0 bridgehead atoms. The highest BCUT2D eigenvalue weighted by Crippen LogP contribution is 2.16. The van der Waals surface area contributed by atoms with Crippen LogP contribution in [0.25, 0.3) is 0 Å². The Labute approximate surface area is 137 Å². The first kappa shape index (κ1) is 16.8. The van der Waals surface area contributed by atoms with E-state index in [9.17, 15) is 4.79 Å². The monoisotopic (exact) mass is 312 g/mol. The zero-order valence-corrected chi connectivity index (χ0v) is 14.0. The molecule has 0 aliphatic carbocycles. The van der Waals surface area contributed by atoms with Gasteiger partial charge >= 0.3 is 6.03 Å². The minimum absolute atomic E-state index is 0.0702. The van der Waals surface area contributed by atoms with Gasteiger partial charge in [0.25, 0.3) is 0 Å². The third-order valence-electron chi connectivity index (χ3n) is 3.72. The maximum absolute atomic E-state index is 12.4. The van der Waals surface area contributed by atoms with Gasteiger partial charge in [-0.15, -0.1) is 0 Å². The zero-order chi connectivity index (χ0) is 16.7. The van der Waals surface area contributed by atoms with Crippen LogP contribution in [0.5, 0.6) is 0 Å². The molecule has 2 aromatic rings. The van der Waals surface area contributed by atoms with Crippen LogP contribution in [0.2, 0.25) is 0 Å². The summed E-state index contributed by atoms with van der Waals surface area (Å²) in [5, 5.41) is 2.95. The Balaban J connectivity index is 1.91. The molecule has 0 aliphatic heterocycles. The van der Waals surface area contributed by atoms with E-state index >= 15 is 0 Å². The number of nitrogens with zero attached hydrogens (tertiary/aromatic N) is 3. The minimum atomic E-state index is -0.0702. The topological polar surface area (TPSA) is 48.5 Å². The zero-order valence-electron chi connectivity index (χ0n) is 14.0. The Bertz CT molecular complexity index is 611. The van der Waals surface area contributed by atoms with Gasteiger partial charge in [0.2, 0.25) is 0 Å². The van der Waals surface area contributed by atoms with Gasteiger partial charge in [-0.05, 0) is 55.3 Å². The number of carbonyl (C=O) groups excluding carboxylic acids is 1. The predicted octanol–water partition coefficient (Wildman–Crippen LogP) is 3.24. The highest BCUT2D eigenvalue weighted by atomic mass is 16.2. The van der Waals surface area contributed by atoms with E-state index in [1.165, 1.54) is 5.56 Å². The summed E-state index contributed by atoms with van der Waals surface area (Å²) in [5.74, 6) is 0. The Morgan fingerprint density at radius 3 is 2.30 bits per heavy atom. The molecule has 0 saturated carbocycles. The van der Waals surface area contributed by atoms with Crippen molar-refractivity contribution in [3.05, 3.63) is 54.4 Å². The molecule has 0 radical (unpaired) electrons. The molecule has 2 rings (SSSR count). The molecule has 0 saturated heterocycles. The number of pyridine rings is 1. The summed E-state index contributed by atoms with van der Waals surface area (Å²) >= 11 is 0. The van der Waals surface area contributed by atoms with Gasteiger partial charge in [-0.25, -0.2) is 4.79 Å². The Hall–Kier alpha value is -2.56. The van der Waals surface area contributed by atoms with Crippen LogP contribution < -0.4 is 10.2 Å². The molecule has 1 heterocycles. The molecular weight excluding hydrogens is 288 g/mol. The number of hydrogen-bond acceptors (Lipinski definition) is 3. The molecule has 2 amide bonds. The fourth-order valence-corrected chi connectivity index (χ4v) is 2.26. The minimum Gasteiger partial charge on any atom is -0.378 e. The van der Waals surface area contributed by atoms with Crippen LogP contribution in [0.3, 0.4) is 0 Å². The Morgan fingerprint density at radius 2 is 1.74 bits per heavy atom. The molecule has 1 N–H and O–H groups in total. The standard InChI is InChI=1S/C18H24N4O/c1-4-22(14-11-15-9-12-19-13-10-15)18(23)20-16-5-7-17(8-6-16)21(2)3/h5-10,12-13H,4,11,14H2,1-3H3,(H,20,23). The average molecular weight is 312 g/mol. The van der Waals surface area contributed by atoms with Crippen molar-refractivity contribution in [2.75, 3.05) is 37.4 Å². The van der Waals surface area contributed by atoms with Gasteiger partial charge in [0.1, 0.15) is 0 Å². The van der Waals surface area contributed by atoms with Crippen molar-refractivity contribution in [2.24, 2.45) is 0 Å². The van der Waals surface area contributed by atoms with E-state index in [0.29, 0.717) is 13.1 Å². The van der Waals surface area contributed by atoms with Crippen LogP contribution in [-0.4, -0.2) is 43.1 Å². The van der Waals surface area contributed by atoms with E-state index in [1.54, 1.807) is 17.3 Å². The first-order valence-corrected chi connectivity index (χ1v) is 7.82. The highest BCUT2D eigenvalue weighted by molar-refractivity contribution is 5.89. The third-order valence-corrected chi connectivity index (χ3v) is 3.72. The summed E-state index contributed by atoms with van der Waals surface area (Å²) in [6, 6.07) is 11.7. The summed E-state index contributed by atoms with van der Waals surface area (Å²) in [7, 11) is 3.98. The van der Waals surface area contributed by atoms with Crippen molar-refractivity contribution in [1.82, 2.24) is 9.88 Å². The largest absolute Gasteiger partial charge is 0.378 e. The van der Waals surface area contributed by atoms with Crippen molar-refractivity contribution in [3.63, 3.8) is 0 Å². The van der Waals surface area contributed by atoms with Gasteiger partial charge in [0.05, 0.1) is 0 Å². The predicted molar refractivity (Wildman–Crippen MR) is 95.0 cm³/mol. The molecule has 1 aromatic heterocycles. The van der Waals surface area contributed by atoms with Crippen LogP contribution in [0.15, 0.2) is 48.8 Å². The maximum Gasteiger partial charge on any atom is 0.321 e. The number of benzene rings is 1. The number of carbonyl (C=O) groups is 1. The van der Waals surface area contributed by atoms with Crippen LogP contribution in [0.1, 0.15) is 12.5 Å². The van der Waals surface area contributed by atoms with Gasteiger partial charge in [-0.2, -0.15) is 0 Å². The number of rotatable bonds is 6. The normalized spacial score (nSPS) is 10.2. The van der Waals surface area contributed by atoms with E-state index in [-0.39, 0.29) is 6.03 Å². The lowest BCUT2D eigenvalue weighted by Gasteiger charge is -2.21. The number of aromatic nitrogens is 1. The molecule has 0 atom stereocenters. The maximum atomic E-state index is 12.4. The fraction of sp³-hybridized carbons (Fsp3) is 0.333. The van der Waals surface area contributed by atoms with E-state index in [2.05, 4.69) is 10.3 Å². The Morgan fingerprint density at radius 1 is 1.09 bits per heavy atom. The second kappa shape index (κ2) is 8.17. The molecule has 0 fully saturated rings. The SMILES string of the molecule is CCN(CCc1ccncc1)C(=O)Nc1ccc(N(C)C)cc1. The quantitative estimate of drug-likeness (QED) is 0.891. The van der Waals surface area contributed by atoms with Gasteiger partial charge < -0.3 is 15.1 Å². The molecule has 1 aromatic carbocycles. The summed E-state index contributed by atoms with van der Waals surface area (Å²) < 4.78 is 0. The Kier molecular flexibility index (Phi) is 5.97. The second-order valence-corrected chi connectivity index (χ2v) is 5.56. The fourth-order valence-electron chi connectivity index (χ4n) is 2.26. The molecule has 5 nitrogen and oxygen atoms in total. The number of urea groups is 1. The number of nitrogens with one attached hydrogen (secondary N) is 1. The third kappa shape index (κ3) is 4.98. The summed E-state index contributed by atoms with van der Waals surface area (Å²) in [4.78, 5) is 20.2. The number of amides is 2. The lowest BCUT2D eigenvalue weighted by atomic mass is 10.2. The van der Waals surface area contributed by atoms with E-state index < -0.39 is 0 Å². The van der Waals surface area contributed by atoms with Crippen LogP contribution >= 0.6 is 0 Å². The highest BCUT2D eigenvalue weighted by Gasteiger charge is 2.11. The van der Waals surface area contributed by atoms with Crippen LogP contribution in [0, 0.1) is 0 Å². The van der Waals surface area contributed by atoms with Crippen LogP contribution in [-0.2, 0) is 6.42 Å². The van der Waals surface area contributed by atoms with Gasteiger partial charge in [-0.3, -0.25) is 4.98 Å². The molecule has 23 heavy (non-hydrogen) atoms. The van der Waals surface area contributed by atoms with Crippen molar-refractivity contribution >= 4 is 17.4 Å². The van der Waals surface area contributed by atoms with E-state index in [4.69, 9.17) is 0 Å².